The van der Waals surface area contributed by atoms with E-state index < -0.39 is 0 Å². The van der Waals surface area contributed by atoms with Crippen LogP contribution in [0.25, 0.3) is 0 Å². The first-order valence-corrected chi connectivity index (χ1v) is 6.28. The van der Waals surface area contributed by atoms with Gasteiger partial charge in [-0.25, -0.2) is 0 Å². The fraction of sp³-hybridized carbons (Fsp3) is 0.714. The van der Waals surface area contributed by atoms with Crippen LogP contribution in [0.2, 0.25) is 0 Å². The summed E-state index contributed by atoms with van der Waals surface area (Å²) < 4.78 is 0. The molecule has 0 saturated heterocycles. The Bertz CT molecular complexity index is 186. The second-order valence-electron chi connectivity index (χ2n) is 4.33. The molecule has 0 saturated carbocycles. The lowest BCUT2D eigenvalue weighted by atomic mass is 10.0. The van der Waals surface area contributed by atoms with Crippen LogP contribution in [0.15, 0.2) is 23.8 Å². The van der Waals surface area contributed by atoms with E-state index in [0.29, 0.717) is 0 Å². The van der Waals surface area contributed by atoms with Crippen molar-refractivity contribution in [2.45, 2.75) is 64.7 Å². The van der Waals surface area contributed by atoms with Crippen LogP contribution in [0, 0.1) is 0 Å². The molecule has 0 aliphatic heterocycles. The monoisotopic (exact) mass is 192 g/mol. The highest BCUT2D eigenvalue weighted by molar-refractivity contribution is 5.22. The van der Waals surface area contributed by atoms with Crippen LogP contribution in [-0.2, 0) is 0 Å². The Morgan fingerprint density at radius 2 is 1.71 bits per heavy atom. The van der Waals surface area contributed by atoms with Gasteiger partial charge in [-0.3, -0.25) is 0 Å². The van der Waals surface area contributed by atoms with E-state index in [9.17, 15) is 0 Å². The molecule has 1 rings (SSSR count). The maximum atomic E-state index is 2.29. The smallest absolute Gasteiger partial charge is 0.0133 e. The normalized spacial score (nSPS) is 14.8. The summed E-state index contributed by atoms with van der Waals surface area (Å²) in [6.45, 7) is 2.28. The summed E-state index contributed by atoms with van der Waals surface area (Å²) in [5.41, 5.74) is 1.64. The molecule has 0 spiro atoms. The highest BCUT2D eigenvalue weighted by Crippen LogP contribution is 2.18. The topological polar surface area (TPSA) is 0 Å². The molecule has 80 valence electrons. The van der Waals surface area contributed by atoms with Crippen LogP contribution in [0.3, 0.4) is 0 Å². The minimum atomic E-state index is 1.22. The van der Waals surface area contributed by atoms with Crippen molar-refractivity contribution in [2.75, 3.05) is 0 Å². The maximum absolute atomic E-state index is 2.29. The van der Waals surface area contributed by atoms with Gasteiger partial charge < -0.3 is 0 Å². The standard InChI is InChI=1S/C14H24/c1-2-3-4-5-6-7-8-11-14-12-9-10-13-14/h9-10,12H,2-8,11,13H2,1H3. The predicted octanol–water partition coefficient (Wildman–Crippen LogP) is 5.01. The van der Waals surface area contributed by atoms with Crippen molar-refractivity contribution < 1.29 is 0 Å². The number of rotatable bonds is 8. The predicted molar refractivity (Wildman–Crippen MR) is 64.5 cm³/mol. The molecular formula is C14H24. The van der Waals surface area contributed by atoms with E-state index in [1.54, 1.807) is 5.57 Å². The highest BCUT2D eigenvalue weighted by atomic mass is 14.0. The average Bonchev–Trinajstić information content (AvgIpc) is 2.69. The average molecular weight is 192 g/mol. The van der Waals surface area contributed by atoms with Gasteiger partial charge in [0.25, 0.3) is 0 Å². The molecule has 0 amide bonds. The minimum absolute atomic E-state index is 1.22. The van der Waals surface area contributed by atoms with Crippen molar-refractivity contribution in [1.29, 1.82) is 0 Å². The van der Waals surface area contributed by atoms with Gasteiger partial charge in [0.15, 0.2) is 0 Å². The van der Waals surface area contributed by atoms with Gasteiger partial charge in [-0.05, 0) is 19.3 Å². The number of allylic oxidation sites excluding steroid dienone is 4. The Labute approximate surface area is 89.1 Å². The van der Waals surface area contributed by atoms with Gasteiger partial charge >= 0.3 is 0 Å². The van der Waals surface area contributed by atoms with Gasteiger partial charge in [-0.1, -0.05) is 69.2 Å². The molecule has 14 heavy (non-hydrogen) atoms. The molecule has 0 nitrogen and oxygen atoms in total. The molecule has 0 atom stereocenters. The van der Waals surface area contributed by atoms with Gasteiger partial charge in [0, 0.05) is 0 Å². The summed E-state index contributed by atoms with van der Waals surface area (Å²) in [4.78, 5) is 0. The quantitative estimate of drug-likeness (QED) is 0.474. The third-order valence-corrected chi connectivity index (χ3v) is 2.95. The van der Waals surface area contributed by atoms with Crippen LogP contribution in [0.5, 0.6) is 0 Å². The highest BCUT2D eigenvalue weighted by Gasteiger charge is 1.98. The Morgan fingerprint density at radius 1 is 1.00 bits per heavy atom. The van der Waals surface area contributed by atoms with Crippen molar-refractivity contribution in [2.24, 2.45) is 0 Å². The van der Waals surface area contributed by atoms with Gasteiger partial charge in [-0.2, -0.15) is 0 Å². The Balaban J connectivity index is 1.80. The van der Waals surface area contributed by atoms with Crippen molar-refractivity contribution in [3.05, 3.63) is 23.8 Å². The zero-order valence-corrected chi connectivity index (χ0v) is 9.60. The first-order chi connectivity index (χ1) is 6.93. The van der Waals surface area contributed by atoms with Crippen LogP contribution >= 0.6 is 0 Å². The maximum Gasteiger partial charge on any atom is -0.0133 e. The third kappa shape index (κ3) is 5.26. The summed E-state index contributed by atoms with van der Waals surface area (Å²) in [6.07, 6.45) is 19.3. The minimum Gasteiger partial charge on any atom is -0.0805 e. The van der Waals surface area contributed by atoms with E-state index in [-0.39, 0.29) is 0 Å². The first kappa shape index (κ1) is 11.6. The van der Waals surface area contributed by atoms with Crippen molar-refractivity contribution in [3.63, 3.8) is 0 Å². The summed E-state index contributed by atoms with van der Waals surface area (Å²) in [5, 5.41) is 0. The van der Waals surface area contributed by atoms with E-state index in [1.165, 1.54) is 57.8 Å². The van der Waals surface area contributed by atoms with Gasteiger partial charge in [0.2, 0.25) is 0 Å². The molecule has 1 aliphatic rings. The lowest BCUT2D eigenvalue weighted by Gasteiger charge is -2.02. The van der Waals surface area contributed by atoms with E-state index in [2.05, 4.69) is 25.2 Å². The Kier molecular flexibility index (Phi) is 6.47. The molecule has 1 aliphatic carbocycles. The number of hydrogen-bond acceptors (Lipinski definition) is 0. The second-order valence-corrected chi connectivity index (χ2v) is 4.33. The van der Waals surface area contributed by atoms with E-state index in [0.717, 1.165) is 0 Å². The summed E-state index contributed by atoms with van der Waals surface area (Å²) >= 11 is 0. The van der Waals surface area contributed by atoms with Crippen LogP contribution in [0.1, 0.15) is 64.7 Å². The molecular weight excluding hydrogens is 168 g/mol. The molecule has 0 heterocycles. The summed E-state index contributed by atoms with van der Waals surface area (Å²) in [6, 6.07) is 0. The molecule has 0 N–H and O–H groups in total. The van der Waals surface area contributed by atoms with Crippen molar-refractivity contribution in [3.8, 4) is 0 Å². The van der Waals surface area contributed by atoms with Crippen LogP contribution < -0.4 is 0 Å². The molecule has 0 aromatic heterocycles. The summed E-state index contributed by atoms with van der Waals surface area (Å²) in [7, 11) is 0. The van der Waals surface area contributed by atoms with E-state index in [1.807, 2.05) is 0 Å². The molecule has 0 fully saturated rings. The molecule has 0 bridgehead atoms. The molecule has 0 unspecified atom stereocenters. The number of hydrogen-bond donors (Lipinski definition) is 0. The van der Waals surface area contributed by atoms with E-state index >= 15 is 0 Å². The largest absolute Gasteiger partial charge is 0.0805 e. The lowest BCUT2D eigenvalue weighted by molar-refractivity contribution is 0.587. The Hall–Kier alpha value is -0.520. The Morgan fingerprint density at radius 3 is 2.36 bits per heavy atom. The second kappa shape index (κ2) is 7.84. The fourth-order valence-electron chi connectivity index (χ4n) is 1.99. The number of unbranched alkanes of at least 4 members (excludes halogenated alkanes) is 6. The van der Waals surface area contributed by atoms with Crippen molar-refractivity contribution in [1.82, 2.24) is 0 Å². The van der Waals surface area contributed by atoms with E-state index in [4.69, 9.17) is 0 Å². The van der Waals surface area contributed by atoms with Crippen molar-refractivity contribution >= 4 is 0 Å². The molecule has 0 aromatic rings. The third-order valence-electron chi connectivity index (χ3n) is 2.95. The van der Waals surface area contributed by atoms with Gasteiger partial charge in [0.1, 0.15) is 0 Å². The fourth-order valence-corrected chi connectivity index (χ4v) is 1.99. The summed E-state index contributed by atoms with van der Waals surface area (Å²) in [5.74, 6) is 0. The van der Waals surface area contributed by atoms with Gasteiger partial charge in [-0.15, -0.1) is 0 Å². The van der Waals surface area contributed by atoms with Crippen LogP contribution in [0.4, 0.5) is 0 Å². The van der Waals surface area contributed by atoms with Crippen LogP contribution in [-0.4, -0.2) is 0 Å². The lowest BCUT2D eigenvalue weighted by Crippen LogP contribution is -1.82. The zero-order chi connectivity index (χ0) is 10.1. The zero-order valence-electron chi connectivity index (χ0n) is 9.60. The SMILES string of the molecule is CCCCCCCCCC1=CC=CC1. The molecule has 0 radical (unpaired) electrons. The molecule has 0 aromatic carbocycles. The van der Waals surface area contributed by atoms with Gasteiger partial charge in [0.05, 0.1) is 0 Å². The molecule has 0 heteroatoms. The first-order valence-electron chi connectivity index (χ1n) is 6.28.